The van der Waals surface area contributed by atoms with Gasteiger partial charge in [0.05, 0.1) is 16.9 Å². The number of anilines is 1. The smallest absolute Gasteiger partial charge is 0.309 e. The summed E-state index contributed by atoms with van der Waals surface area (Å²) < 4.78 is 7.38. The Balaban J connectivity index is 1.72. The van der Waals surface area contributed by atoms with Crippen LogP contribution in [0.1, 0.15) is 53.9 Å². The third-order valence-corrected chi connectivity index (χ3v) is 5.68. The maximum absolute atomic E-state index is 12.6. The Morgan fingerprint density at radius 1 is 0.857 bits per heavy atom. The van der Waals surface area contributed by atoms with Crippen molar-refractivity contribution in [1.29, 1.82) is 0 Å². The summed E-state index contributed by atoms with van der Waals surface area (Å²) in [5.41, 5.74) is 6.72. The number of aryl methyl sites for hydroxylation is 2. The number of hydrogen-bond donors (Lipinski definition) is 1. The summed E-state index contributed by atoms with van der Waals surface area (Å²) in [5.74, 6) is -0.126. The van der Waals surface area contributed by atoms with Gasteiger partial charge in [0.15, 0.2) is 0 Å². The molecule has 6 nitrogen and oxygen atoms in total. The van der Waals surface area contributed by atoms with Gasteiger partial charge in [-0.3, -0.25) is 9.59 Å². The highest BCUT2D eigenvalue weighted by atomic mass is 16.5. The van der Waals surface area contributed by atoms with Crippen LogP contribution in [0.3, 0.4) is 0 Å². The maximum atomic E-state index is 12.6. The van der Waals surface area contributed by atoms with Crippen LogP contribution in [-0.2, 0) is 4.79 Å². The fourth-order valence-electron chi connectivity index (χ4n) is 3.81. The molecule has 35 heavy (non-hydrogen) atoms. The second-order valence-corrected chi connectivity index (χ2v) is 8.96. The quantitative estimate of drug-likeness (QED) is 0.330. The Morgan fingerprint density at radius 2 is 1.43 bits per heavy atom. The molecule has 1 aromatic heterocycles. The Bertz CT molecular complexity index is 1350. The third kappa shape index (κ3) is 5.32. The molecule has 4 rings (SSSR count). The first kappa shape index (κ1) is 24.0. The molecular formula is C29H29N3O3. The predicted octanol–water partition coefficient (Wildman–Crippen LogP) is 6.46. The van der Waals surface area contributed by atoms with Gasteiger partial charge in [-0.05, 0) is 61.7 Å². The third-order valence-electron chi connectivity index (χ3n) is 5.68. The summed E-state index contributed by atoms with van der Waals surface area (Å²) in [6, 6.07) is 22.8. The Labute approximate surface area is 205 Å². The van der Waals surface area contributed by atoms with Crippen LogP contribution in [0.4, 0.5) is 5.69 Å². The molecule has 178 valence electrons. The minimum absolute atomic E-state index is 0.0897. The van der Waals surface area contributed by atoms with Gasteiger partial charge in [-0.25, -0.2) is 0 Å². The second kappa shape index (κ2) is 9.97. The average Bonchev–Trinajstić information content (AvgIpc) is 3.19. The van der Waals surface area contributed by atoms with E-state index < -0.39 is 5.97 Å². The number of nitrogens with zero attached hydrogens (tertiary/aromatic N) is 2. The summed E-state index contributed by atoms with van der Waals surface area (Å²) in [6.07, 6.45) is 0. The molecule has 0 atom stereocenters. The molecule has 6 heteroatoms. The number of hydrogen-bond acceptors (Lipinski definition) is 4. The normalized spacial score (nSPS) is 10.9. The zero-order chi connectivity index (χ0) is 25.1. The largest absolute Gasteiger partial charge is 0.407 e. The molecule has 0 aliphatic rings. The van der Waals surface area contributed by atoms with Gasteiger partial charge in [-0.2, -0.15) is 9.78 Å². The topological polar surface area (TPSA) is 73.2 Å². The van der Waals surface area contributed by atoms with Gasteiger partial charge < -0.3 is 10.1 Å². The van der Waals surface area contributed by atoms with Gasteiger partial charge in [0.1, 0.15) is 0 Å². The molecule has 1 heterocycles. The highest BCUT2D eigenvalue weighted by molar-refractivity contribution is 6.04. The molecule has 1 amide bonds. The number of esters is 1. The lowest BCUT2D eigenvalue weighted by molar-refractivity contribution is -0.132. The lowest BCUT2D eigenvalue weighted by Gasteiger charge is -2.11. The van der Waals surface area contributed by atoms with Crippen LogP contribution >= 0.6 is 0 Å². The lowest BCUT2D eigenvalue weighted by Crippen LogP contribution is -2.11. The highest BCUT2D eigenvalue weighted by Crippen LogP contribution is 2.39. The van der Waals surface area contributed by atoms with E-state index in [1.165, 1.54) is 6.92 Å². The molecule has 0 fully saturated rings. The van der Waals surface area contributed by atoms with E-state index in [1.807, 2.05) is 74.5 Å². The first-order valence-electron chi connectivity index (χ1n) is 11.6. The van der Waals surface area contributed by atoms with E-state index in [-0.39, 0.29) is 11.8 Å². The summed E-state index contributed by atoms with van der Waals surface area (Å²) >= 11 is 0. The lowest BCUT2D eigenvalue weighted by atomic mass is 9.99. The number of aromatic nitrogens is 2. The van der Waals surface area contributed by atoms with Crippen LogP contribution in [-0.4, -0.2) is 21.7 Å². The van der Waals surface area contributed by atoms with Crippen LogP contribution in [0, 0.1) is 13.8 Å². The molecule has 0 unspecified atom stereocenters. The van der Waals surface area contributed by atoms with E-state index in [1.54, 1.807) is 16.8 Å². The zero-order valence-electron chi connectivity index (χ0n) is 20.6. The summed E-state index contributed by atoms with van der Waals surface area (Å²) in [7, 11) is 0. The molecule has 0 radical (unpaired) electrons. The van der Waals surface area contributed by atoms with E-state index in [9.17, 15) is 9.59 Å². The fraction of sp³-hybridized carbons (Fsp3) is 0.207. The van der Waals surface area contributed by atoms with E-state index in [0.717, 1.165) is 33.6 Å². The zero-order valence-corrected chi connectivity index (χ0v) is 20.6. The van der Waals surface area contributed by atoms with Gasteiger partial charge in [0, 0.05) is 18.2 Å². The van der Waals surface area contributed by atoms with Gasteiger partial charge in [-0.1, -0.05) is 61.4 Å². The van der Waals surface area contributed by atoms with Crippen molar-refractivity contribution in [1.82, 2.24) is 9.78 Å². The number of benzene rings is 3. The van der Waals surface area contributed by atoms with E-state index in [0.29, 0.717) is 17.1 Å². The number of ether oxygens (including phenoxy) is 1. The number of amides is 1. The Morgan fingerprint density at radius 3 is 1.97 bits per heavy atom. The minimum atomic E-state index is -0.420. The van der Waals surface area contributed by atoms with Crippen LogP contribution in [0.15, 0.2) is 72.8 Å². The number of nitrogens with one attached hydrogen (secondary N) is 1. The van der Waals surface area contributed by atoms with Crippen molar-refractivity contribution in [3.63, 3.8) is 0 Å². The first-order valence-corrected chi connectivity index (χ1v) is 11.6. The van der Waals surface area contributed by atoms with Crippen LogP contribution in [0.25, 0.3) is 16.8 Å². The van der Waals surface area contributed by atoms with Crippen molar-refractivity contribution >= 4 is 17.6 Å². The molecule has 0 aliphatic carbocycles. The molecular weight excluding hydrogens is 438 g/mol. The van der Waals surface area contributed by atoms with Crippen molar-refractivity contribution < 1.29 is 14.3 Å². The van der Waals surface area contributed by atoms with Crippen molar-refractivity contribution in [2.45, 2.75) is 40.5 Å². The molecule has 4 aromatic rings. The monoisotopic (exact) mass is 467 g/mol. The number of rotatable bonds is 6. The van der Waals surface area contributed by atoms with Crippen LogP contribution < -0.4 is 10.1 Å². The van der Waals surface area contributed by atoms with Crippen molar-refractivity contribution in [3.8, 4) is 22.7 Å². The predicted molar refractivity (Wildman–Crippen MR) is 138 cm³/mol. The van der Waals surface area contributed by atoms with Gasteiger partial charge >= 0.3 is 5.97 Å². The van der Waals surface area contributed by atoms with Gasteiger partial charge in [-0.15, -0.1) is 0 Å². The summed E-state index contributed by atoms with van der Waals surface area (Å²) in [4.78, 5) is 24.6. The minimum Gasteiger partial charge on any atom is -0.407 e. The number of carbonyl (C=O) groups excluding carboxylic acids is 2. The average molecular weight is 468 g/mol. The fourth-order valence-corrected chi connectivity index (χ4v) is 3.81. The van der Waals surface area contributed by atoms with Crippen molar-refractivity contribution in [2.24, 2.45) is 0 Å². The number of carbonyl (C=O) groups is 2. The maximum Gasteiger partial charge on any atom is 0.309 e. The Kier molecular flexibility index (Phi) is 6.82. The molecule has 0 saturated carbocycles. The highest BCUT2D eigenvalue weighted by Gasteiger charge is 2.25. The standard InChI is InChI=1S/C29H29N3O3/c1-18(2)27-26(29(35-21(5)33)32(31-27)25-16-8-20(4)9-17-25)22-12-14-24(15-13-22)30-28(34)23-10-6-19(3)7-11-23/h6-18H,1-5H3,(H,30,34). The SMILES string of the molecule is CC(=O)Oc1c(-c2ccc(NC(=O)c3ccc(C)cc3)cc2)c(C(C)C)nn1-c1ccc(C)cc1. The molecule has 1 N–H and O–H groups in total. The molecule has 3 aromatic carbocycles. The summed E-state index contributed by atoms with van der Waals surface area (Å²) in [6.45, 7) is 9.49. The van der Waals surface area contributed by atoms with Gasteiger partial charge in [0.2, 0.25) is 5.88 Å². The van der Waals surface area contributed by atoms with Gasteiger partial charge in [0.25, 0.3) is 5.91 Å². The summed E-state index contributed by atoms with van der Waals surface area (Å²) in [5, 5.41) is 7.76. The molecule has 0 aliphatic heterocycles. The molecule has 0 saturated heterocycles. The molecule has 0 bridgehead atoms. The van der Waals surface area contributed by atoms with Crippen molar-refractivity contribution in [3.05, 3.63) is 95.2 Å². The second-order valence-electron chi connectivity index (χ2n) is 8.96. The van der Waals surface area contributed by atoms with Crippen LogP contribution in [0.2, 0.25) is 0 Å². The van der Waals surface area contributed by atoms with E-state index >= 15 is 0 Å². The van der Waals surface area contributed by atoms with Crippen molar-refractivity contribution in [2.75, 3.05) is 5.32 Å². The Hall–Kier alpha value is -4.19. The van der Waals surface area contributed by atoms with E-state index in [2.05, 4.69) is 19.2 Å². The first-order chi connectivity index (χ1) is 16.7. The van der Waals surface area contributed by atoms with Crippen LogP contribution in [0.5, 0.6) is 5.88 Å². The molecule has 0 spiro atoms. The van der Waals surface area contributed by atoms with E-state index in [4.69, 9.17) is 9.84 Å².